The zero-order valence-electron chi connectivity index (χ0n) is 10.8. The van der Waals surface area contributed by atoms with Crippen LogP contribution in [-0.2, 0) is 14.6 Å². The second kappa shape index (κ2) is 6.12. The number of hydrogen-bond acceptors (Lipinski definition) is 4. The molecule has 0 saturated carbocycles. The van der Waals surface area contributed by atoms with E-state index in [1.165, 1.54) is 0 Å². The quantitative estimate of drug-likeness (QED) is 0.795. The van der Waals surface area contributed by atoms with E-state index in [-0.39, 0.29) is 17.1 Å². The number of anilines is 1. The summed E-state index contributed by atoms with van der Waals surface area (Å²) in [7, 11) is -3.45. The average molecular weight is 288 g/mol. The summed E-state index contributed by atoms with van der Waals surface area (Å²) in [4.78, 5) is 11.7. The van der Waals surface area contributed by atoms with Crippen molar-refractivity contribution in [3.63, 3.8) is 0 Å². The molecule has 106 valence electrons. The maximum Gasteiger partial charge on any atom is 0.228 e. The van der Waals surface area contributed by atoms with E-state index in [1.807, 2.05) is 0 Å². The number of nitrogens with one attached hydrogen (secondary N) is 1. The van der Waals surface area contributed by atoms with E-state index in [2.05, 4.69) is 5.32 Å². The summed E-state index contributed by atoms with van der Waals surface area (Å²) in [6, 6.07) is 3.27. The van der Waals surface area contributed by atoms with Crippen molar-refractivity contribution >= 4 is 21.4 Å². The van der Waals surface area contributed by atoms with Gasteiger partial charge in [-0.25, -0.2) is 12.8 Å². The lowest BCUT2D eigenvalue weighted by atomic mass is 10.1. The maximum absolute atomic E-state index is 13.5. The Morgan fingerprint density at radius 2 is 2.11 bits per heavy atom. The van der Waals surface area contributed by atoms with E-state index in [0.717, 1.165) is 24.5 Å². The van der Waals surface area contributed by atoms with Crippen molar-refractivity contribution in [3.8, 4) is 0 Å². The van der Waals surface area contributed by atoms with Crippen molar-refractivity contribution in [3.05, 3.63) is 24.0 Å². The number of hydrogen-bond donors (Lipinski definition) is 2. The molecule has 7 heteroatoms. The lowest BCUT2D eigenvalue weighted by Crippen LogP contribution is -2.29. The van der Waals surface area contributed by atoms with E-state index >= 15 is 0 Å². The largest absolute Gasteiger partial charge is 0.330 e. The van der Waals surface area contributed by atoms with Crippen LogP contribution in [0.4, 0.5) is 10.1 Å². The van der Waals surface area contributed by atoms with E-state index < -0.39 is 27.5 Å². The zero-order chi connectivity index (χ0) is 14.6. The highest BCUT2D eigenvalue weighted by atomic mass is 32.2. The molecular weight excluding hydrogens is 271 g/mol. The number of benzene rings is 1. The minimum absolute atomic E-state index is 0.0509. The molecule has 0 aliphatic heterocycles. The van der Waals surface area contributed by atoms with E-state index in [4.69, 9.17) is 5.73 Å². The maximum atomic E-state index is 13.5. The third kappa shape index (κ3) is 4.00. The van der Waals surface area contributed by atoms with Crippen molar-refractivity contribution < 1.29 is 17.6 Å². The molecular formula is C12H17FN2O3S. The molecule has 1 aromatic carbocycles. The van der Waals surface area contributed by atoms with Crippen LogP contribution in [0.25, 0.3) is 0 Å². The number of halogens is 1. The Bertz CT molecular complexity index is 568. The third-order valence-corrected chi connectivity index (χ3v) is 3.88. The van der Waals surface area contributed by atoms with Crippen LogP contribution >= 0.6 is 0 Å². The second-order valence-electron chi connectivity index (χ2n) is 4.24. The normalized spacial score (nSPS) is 13.1. The lowest BCUT2D eigenvalue weighted by molar-refractivity contribution is -0.119. The molecule has 0 spiro atoms. The molecule has 0 bridgehead atoms. The number of sulfone groups is 1. The lowest BCUT2D eigenvalue weighted by Gasteiger charge is -2.13. The first kappa shape index (κ1) is 15.6. The molecule has 3 N–H and O–H groups in total. The van der Waals surface area contributed by atoms with Crippen LogP contribution in [0.5, 0.6) is 0 Å². The van der Waals surface area contributed by atoms with Gasteiger partial charge in [0.25, 0.3) is 0 Å². The molecule has 1 aromatic rings. The molecule has 1 amide bonds. The van der Waals surface area contributed by atoms with E-state index in [0.29, 0.717) is 6.42 Å². The number of rotatable bonds is 5. The van der Waals surface area contributed by atoms with Gasteiger partial charge in [0, 0.05) is 12.8 Å². The van der Waals surface area contributed by atoms with Crippen LogP contribution < -0.4 is 11.1 Å². The fourth-order valence-corrected chi connectivity index (χ4v) is 2.17. The minimum Gasteiger partial charge on any atom is -0.330 e. The van der Waals surface area contributed by atoms with Gasteiger partial charge >= 0.3 is 0 Å². The van der Waals surface area contributed by atoms with Crippen LogP contribution in [0.1, 0.15) is 13.3 Å². The molecule has 0 fully saturated rings. The first-order chi connectivity index (χ1) is 8.79. The summed E-state index contributed by atoms with van der Waals surface area (Å²) in [6.45, 7) is 1.94. The topological polar surface area (TPSA) is 89.3 Å². The Kier molecular flexibility index (Phi) is 5.02. The van der Waals surface area contributed by atoms with Gasteiger partial charge in [0.1, 0.15) is 5.82 Å². The van der Waals surface area contributed by atoms with Gasteiger partial charge < -0.3 is 11.1 Å². The van der Waals surface area contributed by atoms with Crippen molar-refractivity contribution in [1.82, 2.24) is 0 Å². The Labute approximate surface area is 111 Å². The summed E-state index contributed by atoms with van der Waals surface area (Å²) < 4.78 is 36.3. The Balaban J connectivity index is 3.04. The highest BCUT2D eigenvalue weighted by Gasteiger charge is 2.17. The number of amides is 1. The summed E-state index contributed by atoms with van der Waals surface area (Å²) in [6.07, 6.45) is 1.54. The summed E-state index contributed by atoms with van der Waals surface area (Å²) >= 11 is 0. The molecule has 1 unspecified atom stereocenters. The summed E-state index contributed by atoms with van der Waals surface area (Å²) in [5.74, 6) is -1.54. The molecule has 0 aromatic heterocycles. The van der Waals surface area contributed by atoms with Gasteiger partial charge in [0.15, 0.2) is 9.84 Å². The van der Waals surface area contributed by atoms with Crippen molar-refractivity contribution in [2.45, 2.75) is 18.2 Å². The fraction of sp³-hybridized carbons (Fsp3) is 0.417. The van der Waals surface area contributed by atoms with Gasteiger partial charge in [-0.05, 0) is 24.6 Å². The standard InChI is InChI=1S/C12H17FN2O3S/c1-3-8(7-14)12(16)15-11-6-9(19(2,17)18)4-5-10(11)13/h4-6,8H,3,7,14H2,1-2H3,(H,15,16). The monoisotopic (exact) mass is 288 g/mol. The highest BCUT2D eigenvalue weighted by Crippen LogP contribution is 2.20. The summed E-state index contributed by atoms with van der Waals surface area (Å²) in [5.41, 5.74) is 5.27. The van der Waals surface area contributed by atoms with Gasteiger partial charge in [-0.1, -0.05) is 6.92 Å². The summed E-state index contributed by atoms with van der Waals surface area (Å²) in [5, 5.41) is 2.37. The van der Waals surface area contributed by atoms with E-state index in [1.54, 1.807) is 6.92 Å². The predicted octanol–water partition coefficient (Wildman–Crippen LogP) is 1.15. The van der Waals surface area contributed by atoms with Crippen LogP contribution in [0.3, 0.4) is 0 Å². The van der Waals surface area contributed by atoms with Gasteiger partial charge in [-0.15, -0.1) is 0 Å². The molecule has 19 heavy (non-hydrogen) atoms. The number of nitrogens with two attached hydrogens (primary N) is 1. The second-order valence-corrected chi connectivity index (χ2v) is 6.26. The van der Waals surface area contributed by atoms with Gasteiger partial charge in [-0.2, -0.15) is 0 Å². The molecule has 0 heterocycles. The van der Waals surface area contributed by atoms with Crippen molar-refractivity contribution in [1.29, 1.82) is 0 Å². The van der Waals surface area contributed by atoms with Crippen LogP contribution in [0.2, 0.25) is 0 Å². The number of carbonyl (C=O) groups is 1. The number of carbonyl (C=O) groups excluding carboxylic acids is 1. The Hall–Kier alpha value is -1.47. The van der Waals surface area contributed by atoms with Crippen molar-refractivity contribution in [2.24, 2.45) is 11.7 Å². The SMILES string of the molecule is CCC(CN)C(=O)Nc1cc(S(C)(=O)=O)ccc1F. The average Bonchev–Trinajstić information content (AvgIpc) is 2.32. The molecule has 0 radical (unpaired) electrons. The molecule has 0 aliphatic rings. The first-order valence-electron chi connectivity index (χ1n) is 5.80. The van der Waals surface area contributed by atoms with Crippen LogP contribution in [0.15, 0.2) is 23.1 Å². The first-order valence-corrected chi connectivity index (χ1v) is 7.69. The third-order valence-electron chi connectivity index (χ3n) is 2.77. The highest BCUT2D eigenvalue weighted by molar-refractivity contribution is 7.90. The molecule has 1 rings (SSSR count). The molecule has 5 nitrogen and oxygen atoms in total. The van der Waals surface area contributed by atoms with Crippen LogP contribution in [0, 0.1) is 11.7 Å². The Morgan fingerprint density at radius 1 is 1.47 bits per heavy atom. The smallest absolute Gasteiger partial charge is 0.228 e. The fourth-order valence-electron chi connectivity index (χ4n) is 1.52. The van der Waals surface area contributed by atoms with E-state index in [9.17, 15) is 17.6 Å². The molecule has 0 aliphatic carbocycles. The minimum atomic E-state index is -3.45. The van der Waals surface area contributed by atoms with Crippen LogP contribution in [-0.4, -0.2) is 27.1 Å². The van der Waals surface area contributed by atoms with Gasteiger partial charge in [0.2, 0.25) is 5.91 Å². The molecule has 0 saturated heterocycles. The van der Waals surface area contributed by atoms with Gasteiger partial charge in [-0.3, -0.25) is 4.79 Å². The van der Waals surface area contributed by atoms with Gasteiger partial charge in [0.05, 0.1) is 16.5 Å². The molecule has 1 atom stereocenters. The van der Waals surface area contributed by atoms with Crippen molar-refractivity contribution in [2.75, 3.05) is 18.1 Å². The zero-order valence-corrected chi connectivity index (χ0v) is 11.6. The predicted molar refractivity (Wildman–Crippen MR) is 71.0 cm³/mol. The Morgan fingerprint density at radius 3 is 2.58 bits per heavy atom.